The number of hydrogen-bond acceptors (Lipinski definition) is 3. The number of carboxylic acids is 1. The molecule has 1 aromatic heterocycles. The first-order valence-corrected chi connectivity index (χ1v) is 6.63. The van der Waals surface area contributed by atoms with Crippen molar-refractivity contribution in [2.24, 2.45) is 0 Å². The van der Waals surface area contributed by atoms with Crippen LogP contribution in [0.3, 0.4) is 0 Å². The van der Waals surface area contributed by atoms with Crippen molar-refractivity contribution in [1.82, 2.24) is 4.98 Å². The molecule has 0 aliphatic carbocycles. The summed E-state index contributed by atoms with van der Waals surface area (Å²) in [4.78, 5) is 15.0. The van der Waals surface area contributed by atoms with Gasteiger partial charge in [-0.1, -0.05) is 30.1 Å². The predicted molar refractivity (Wildman–Crippen MR) is 77.1 cm³/mol. The molecule has 0 amide bonds. The van der Waals surface area contributed by atoms with Gasteiger partial charge in [0.2, 0.25) is 5.88 Å². The van der Waals surface area contributed by atoms with Gasteiger partial charge >= 0.3 is 5.97 Å². The summed E-state index contributed by atoms with van der Waals surface area (Å²) >= 11 is 11.8. The van der Waals surface area contributed by atoms with E-state index in [1.165, 1.54) is 12.1 Å². The fourth-order valence-corrected chi connectivity index (χ4v) is 2.05. The topological polar surface area (TPSA) is 59.4 Å². The van der Waals surface area contributed by atoms with Gasteiger partial charge in [-0.2, -0.15) is 0 Å². The van der Waals surface area contributed by atoms with Crippen LogP contribution in [-0.2, 0) is 6.42 Å². The molecule has 20 heavy (non-hydrogen) atoms. The number of carbonyl (C=O) groups is 1. The molecular formula is C14H11Cl2NO3. The second-order valence-corrected chi connectivity index (χ2v) is 4.80. The van der Waals surface area contributed by atoms with Gasteiger partial charge < -0.3 is 9.84 Å². The van der Waals surface area contributed by atoms with Gasteiger partial charge in [0.25, 0.3) is 0 Å². The summed E-state index contributed by atoms with van der Waals surface area (Å²) < 4.78 is 5.51. The minimum atomic E-state index is -1.13. The molecule has 0 aliphatic rings. The quantitative estimate of drug-likeness (QED) is 0.848. The van der Waals surface area contributed by atoms with Crippen molar-refractivity contribution in [1.29, 1.82) is 0 Å². The van der Waals surface area contributed by atoms with Crippen LogP contribution in [0.15, 0.2) is 30.3 Å². The Hall–Kier alpha value is -1.78. The van der Waals surface area contributed by atoms with E-state index >= 15 is 0 Å². The summed E-state index contributed by atoms with van der Waals surface area (Å²) in [6, 6.07) is 7.84. The number of rotatable bonds is 4. The third kappa shape index (κ3) is 3.21. The summed E-state index contributed by atoms with van der Waals surface area (Å²) in [5.74, 6) is -0.716. The number of aromatic carboxylic acids is 1. The molecule has 0 atom stereocenters. The lowest BCUT2D eigenvalue weighted by atomic mass is 10.1. The molecule has 0 aliphatic heterocycles. The average molecular weight is 312 g/mol. The molecule has 0 fully saturated rings. The van der Waals surface area contributed by atoms with E-state index in [1.807, 2.05) is 6.92 Å². The van der Waals surface area contributed by atoms with E-state index in [-0.39, 0.29) is 16.6 Å². The van der Waals surface area contributed by atoms with Crippen LogP contribution >= 0.6 is 23.2 Å². The Morgan fingerprint density at radius 1 is 1.30 bits per heavy atom. The number of hydrogen-bond donors (Lipinski definition) is 1. The number of benzene rings is 1. The van der Waals surface area contributed by atoms with Gasteiger partial charge in [0.05, 0.1) is 0 Å². The first-order chi connectivity index (χ1) is 9.51. The summed E-state index contributed by atoms with van der Waals surface area (Å²) in [6.45, 7) is 1.96. The molecular weight excluding hydrogens is 301 g/mol. The third-order valence-corrected chi connectivity index (χ3v) is 3.25. The largest absolute Gasteiger partial charge is 0.477 e. The molecule has 0 radical (unpaired) electrons. The Balaban J connectivity index is 2.39. The van der Waals surface area contributed by atoms with Gasteiger partial charge in [-0.15, -0.1) is 0 Å². The molecule has 0 saturated carbocycles. The number of nitrogens with zero attached hydrogens (tertiary/aromatic N) is 1. The van der Waals surface area contributed by atoms with E-state index in [0.29, 0.717) is 10.8 Å². The van der Waals surface area contributed by atoms with E-state index in [9.17, 15) is 4.79 Å². The molecule has 2 aromatic rings. The van der Waals surface area contributed by atoms with Crippen LogP contribution in [0.5, 0.6) is 11.6 Å². The van der Waals surface area contributed by atoms with E-state index in [2.05, 4.69) is 4.98 Å². The molecule has 0 unspecified atom stereocenters. The molecule has 0 spiro atoms. The molecule has 2 rings (SSSR count). The monoisotopic (exact) mass is 311 g/mol. The van der Waals surface area contributed by atoms with Gasteiger partial charge in [-0.05, 0) is 42.3 Å². The summed E-state index contributed by atoms with van der Waals surface area (Å²) in [7, 11) is 0. The molecule has 4 nitrogen and oxygen atoms in total. The Morgan fingerprint density at radius 3 is 2.70 bits per heavy atom. The Bertz CT molecular complexity index is 659. The number of aryl methyl sites for hydroxylation is 1. The van der Waals surface area contributed by atoms with Gasteiger partial charge in [0, 0.05) is 5.02 Å². The van der Waals surface area contributed by atoms with Gasteiger partial charge in [0.1, 0.15) is 16.5 Å². The van der Waals surface area contributed by atoms with E-state index in [1.54, 1.807) is 18.2 Å². The average Bonchev–Trinajstić information content (AvgIpc) is 2.40. The van der Waals surface area contributed by atoms with Crippen LogP contribution in [0.1, 0.15) is 22.8 Å². The lowest BCUT2D eigenvalue weighted by molar-refractivity contribution is 0.0693. The third-order valence-electron chi connectivity index (χ3n) is 2.67. The molecule has 0 bridgehead atoms. The maximum Gasteiger partial charge on any atom is 0.341 e. The van der Waals surface area contributed by atoms with Crippen LogP contribution < -0.4 is 4.74 Å². The zero-order chi connectivity index (χ0) is 14.7. The van der Waals surface area contributed by atoms with Crippen LogP contribution in [0, 0.1) is 0 Å². The fraction of sp³-hybridized carbons (Fsp3) is 0.143. The molecule has 104 valence electrons. The molecule has 6 heteroatoms. The second kappa shape index (κ2) is 6.11. The molecule has 1 N–H and O–H groups in total. The number of halogens is 2. The maximum absolute atomic E-state index is 11.1. The van der Waals surface area contributed by atoms with Crippen molar-refractivity contribution in [2.45, 2.75) is 13.3 Å². The maximum atomic E-state index is 11.1. The minimum absolute atomic E-state index is 0.0469. The van der Waals surface area contributed by atoms with Crippen molar-refractivity contribution in [3.05, 3.63) is 51.6 Å². The highest BCUT2D eigenvalue weighted by Gasteiger charge is 2.14. The highest BCUT2D eigenvalue weighted by molar-refractivity contribution is 6.31. The predicted octanol–water partition coefficient (Wildman–Crippen LogP) is 4.44. The summed E-state index contributed by atoms with van der Waals surface area (Å²) in [6.07, 6.45) is 0.741. The van der Waals surface area contributed by atoms with E-state index in [0.717, 1.165) is 12.0 Å². The second-order valence-electron chi connectivity index (χ2n) is 4.00. The molecule has 0 saturated heterocycles. The highest BCUT2D eigenvalue weighted by atomic mass is 35.5. The number of ether oxygens (including phenoxy) is 1. The van der Waals surface area contributed by atoms with Crippen molar-refractivity contribution in [3.8, 4) is 11.6 Å². The molecule has 1 aromatic carbocycles. The van der Waals surface area contributed by atoms with Crippen molar-refractivity contribution < 1.29 is 14.6 Å². The summed E-state index contributed by atoms with van der Waals surface area (Å²) in [5.41, 5.74) is 0.852. The molecule has 1 heterocycles. The van der Waals surface area contributed by atoms with Crippen LogP contribution in [0.25, 0.3) is 0 Å². The Kier molecular flexibility index (Phi) is 4.47. The van der Waals surface area contributed by atoms with E-state index < -0.39 is 5.97 Å². The normalized spacial score (nSPS) is 10.3. The van der Waals surface area contributed by atoms with Crippen LogP contribution in [0.2, 0.25) is 10.2 Å². The Morgan fingerprint density at radius 2 is 2.05 bits per heavy atom. The smallest absolute Gasteiger partial charge is 0.341 e. The van der Waals surface area contributed by atoms with Crippen molar-refractivity contribution in [3.63, 3.8) is 0 Å². The van der Waals surface area contributed by atoms with Gasteiger partial charge in [-0.3, -0.25) is 0 Å². The fourth-order valence-electron chi connectivity index (χ4n) is 1.66. The van der Waals surface area contributed by atoms with Gasteiger partial charge in [-0.25, -0.2) is 9.78 Å². The van der Waals surface area contributed by atoms with Crippen molar-refractivity contribution in [2.75, 3.05) is 0 Å². The highest BCUT2D eigenvalue weighted by Crippen LogP contribution is 2.28. The number of carboxylic acid groups (broad SMARTS) is 1. The lowest BCUT2D eigenvalue weighted by Crippen LogP contribution is -2.02. The Labute approximate surface area is 125 Å². The SMILES string of the molecule is CCc1cc(Oc2nc(Cl)ccc2C(=O)O)ccc1Cl. The standard InChI is InChI=1S/C14H11Cl2NO3/c1-2-8-7-9(3-5-11(8)15)20-13-10(14(18)19)4-6-12(16)17-13/h3-7H,2H2,1H3,(H,18,19). The number of aromatic nitrogens is 1. The minimum Gasteiger partial charge on any atom is -0.477 e. The zero-order valence-electron chi connectivity index (χ0n) is 10.6. The number of pyridine rings is 1. The van der Waals surface area contributed by atoms with Crippen molar-refractivity contribution >= 4 is 29.2 Å². The van der Waals surface area contributed by atoms with Gasteiger partial charge in [0.15, 0.2) is 0 Å². The van der Waals surface area contributed by atoms with Crippen LogP contribution in [-0.4, -0.2) is 16.1 Å². The lowest BCUT2D eigenvalue weighted by Gasteiger charge is -2.09. The van der Waals surface area contributed by atoms with E-state index in [4.69, 9.17) is 33.0 Å². The summed E-state index contributed by atoms with van der Waals surface area (Å²) in [5, 5.41) is 9.89. The zero-order valence-corrected chi connectivity index (χ0v) is 12.1. The first-order valence-electron chi connectivity index (χ1n) is 5.87. The van der Waals surface area contributed by atoms with Crippen LogP contribution in [0.4, 0.5) is 0 Å². The first kappa shape index (κ1) is 14.6.